The summed E-state index contributed by atoms with van der Waals surface area (Å²) >= 11 is 5.99. The molecule has 0 aliphatic heterocycles. The van der Waals surface area contributed by atoms with Crippen molar-refractivity contribution in [1.82, 2.24) is 15.5 Å². The quantitative estimate of drug-likeness (QED) is 0.770. The Bertz CT molecular complexity index is 363. The van der Waals surface area contributed by atoms with E-state index >= 15 is 0 Å². The molecule has 0 saturated carbocycles. The molecule has 0 atom stereocenters. The number of aryl methyl sites for hydroxylation is 1. The fourth-order valence-electron chi connectivity index (χ4n) is 1.68. The van der Waals surface area contributed by atoms with Gasteiger partial charge in [0, 0.05) is 23.5 Å². The molecular formula is C12H20ClN3O. The molecule has 0 aliphatic rings. The average molecular weight is 258 g/mol. The molecule has 0 aromatic carbocycles. The number of alkyl halides is 1. The third-order valence-electron chi connectivity index (χ3n) is 3.48. The van der Waals surface area contributed by atoms with Crippen molar-refractivity contribution in [2.75, 3.05) is 12.4 Å². The van der Waals surface area contributed by atoms with Crippen molar-refractivity contribution in [2.45, 2.75) is 33.6 Å². The monoisotopic (exact) mass is 257 g/mol. The molecule has 0 spiro atoms. The zero-order chi connectivity index (χ0) is 12.9. The lowest BCUT2D eigenvalue weighted by Gasteiger charge is -2.29. The number of carbonyl (C=O) groups is 1. The van der Waals surface area contributed by atoms with E-state index in [0.717, 1.165) is 18.5 Å². The molecule has 0 saturated heterocycles. The van der Waals surface area contributed by atoms with Crippen LogP contribution in [0.15, 0.2) is 6.20 Å². The summed E-state index contributed by atoms with van der Waals surface area (Å²) in [5.74, 6) is 0.470. The van der Waals surface area contributed by atoms with Crippen LogP contribution in [0.25, 0.3) is 0 Å². The highest BCUT2D eigenvalue weighted by Crippen LogP contribution is 2.27. The van der Waals surface area contributed by atoms with Gasteiger partial charge in [0.25, 0.3) is 5.91 Å². The minimum atomic E-state index is -0.0901. The molecule has 1 aromatic rings. The summed E-state index contributed by atoms with van der Waals surface area (Å²) in [6.07, 6.45) is 3.46. The van der Waals surface area contributed by atoms with Gasteiger partial charge >= 0.3 is 0 Å². The van der Waals surface area contributed by atoms with Gasteiger partial charge in [0.05, 0.1) is 11.8 Å². The van der Waals surface area contributed by atoms with Crippen molar-refractivity contribution in [3.05, 3.63) is 17.5 Å². The largest absolute Gasteiger partial charge is 0.351 e. The first-order chi connectivity index (χ1) is 8.08. The third-order valence-corrected chi connectivity index (χ3v) is 4.05. The number of aromatic amines is 1. The summed E-state index contributed by atoms with van der Waals surface area (Å²) in [7, 11) is 0. The molecule has 1 amide bonds. The van der Waals surface area contributed by atoms with Crippen molar-refractivity contribution >= 4 is 17.5 Å². The normalized spacial score (nSPS) is 11.5. The molecule has 2 N–H and O–H groups in total. The predicted octanol–water partition coefficient (Wildman–Crippen LogP) is 2.49. The first-order valence-corrected chi connectivity index (χ1v) is 6.46. The molecule has 1 rings (SSSR count). The van der Waals surface area contributed by atoms with E-state index in [-0.39, 0.29) is 11.3 Å². The Balaban J connectivity index is 2.62. The van der Waals surface area contributed by atoms with E-state index in [9.17, 15) is 4.79 Å². The lowest BCUT2D eigenvalue weighted by atomic mass is 9.84. The summed E-state index contributed by atoms with van der Waals surface area (Å²) in [6.45, 7) is 6.63. The van der Waals surface area contributed by atoms with Crippen molar-refractivity contribution < 1.29 is 4.79 Å². The maximum Gasteiger partial charge on any atom is 0.254 e. The number of halogens is 1. The molecule has 96 valence electrons. The van der Waals surface area contributed by atoms with Crippen LogP contribution in [0.1, 0.15) is 42.7 Å². The van der Waals surface area contributed by atoms with E-state index in [0.29, 0.717) is 18.0 Å². The Labute approximate surface area is 107 Å². The minimum absolute atomic E-state index is 0.00510. The van der Waals surface area contributed by atoms with E-state index in [2.05, 4.69) is 29.4 Å². The number of rotatable bonds is 6. The molecule has 5 heteroatoms. The van der Waals surface area contributed by atoms with Gasteiger partial charge in [-0.05, 0) is 19.8 Å². The van der Waals surface area contributed by atoms with Crippen LogP contribution in [0.3, 0.4) is 0 Å². The van der Waals surface area contributed by atoms with Crippen LogP contribution in [-0.2, 0) is 0 Å². The predicted molar refractivity (Wildman–Crippen MR) is 69.4 cm³/mol. The second kappa shape index (κ2) is 6.05. The third kappa shape index (κ3) is 3.22. The Morgan fingerprint density at radius 2 is 2.18 bits per heavy atom. The average Bonchev–Trinajstić information content (AvgIpc) is 2.78. The topological polar surface area (TPSA) is 57.8 Å². The standard InChI is InChI=1S/C12H20ClN3O/c1-4-12(5-2,7-13)8-14-11(17)10-6-15-16-9(10)3/h6H,4-5,7-8H2,1-3H3,(H,14,17)(H,15,16). The van der Waals surface area contributed by atoms with E-state index < -0.39 is 0 Å². The number of hydrogen-bond acceptors (Lipinski definition) is 2. The lowest BCUT2D eigenvalue weighted by molar-refractivity contribution is 0.0931. The number of nitrogens with one attached hydrogen (secondary N) is 2. The maximum absolute atomic E-state index is 11.9. The molecule has 17 heavy (non-hydrogen) atoms. The van der Waals surface area contributed by atoms with Crippen molar-refractivity contribution in [1.29, 1.82) is 0 Å². The Hall–Kier alpha value is -1.03. The van der Waals surface area contributed by atoms with Gasteiger partial charge < -0.3 is 5.32 Å². The van der Waals surface area contributed by atoms with Gasteiger partial charge in [-0.15, -0.1) is 11.6 Å². The molecule has 0 bridgehead atoms. The minimum Gasteiger partial charge on any atom is -0.351 e. The summed E-state index contributed by atoms with van der Waals surface area (Å²) in [5.41, 5.74) is 1.38. The molecule has 0 aliphatic carbocycles. The summed E-state index contributed by atoms with van der Waals surface area (Å²) in [5, 5.41) is 9.52. The van der Waals surface area contributed by atoms with E-state index in [1.807, 2.05) is 6.92 Å². The van der Waals surface area contributed by atoms with Gasteiger partial charge in [-0.1, -0.05) is 13.8 Å². The number of hydrogen-bond donors (Lipinski definition) is 2. The molecule has 1 aromatic heterocycles. The molecule has 0 unspecified atom stereocenters. The van der Waals surface area contributed by atoms with Crippen LogP contribution < -0.4 is 5.32 Å². The molecule has 1 heterocycles. The molecule has 4 nitrogen and oxygen atoms in total. The van der Waals surface area contributed by atoms with Gasteiger partial charge in [-0.2, -0.15) is 5.10 Å². The van der Waals surface area contributed by atoms with E-state index in [1.54, 1.807) is 6.20 Å². The highest BCUT2D eigenvalue weighted by atomic mass is 35.5. The van der Waals surface area contributed by atoms with Crippen molar-refractivity contribution in [3.8, 4) is 0 Å². The zero-order valence-electron chi connectivity index (χ0n) is 10.6. The SMILES string of the molecule is CCC(CC)(CCl)CNC(=O)c1cn[nH]c1C. The van der Waals surface area contributed by atoms with Crippen LogP contribution in [0, 0.1) is 12.3 Å². The lowest BCUT2D eigenvalue weighted by Crippen LogP contribution is -2.38. The zero-order valence-corrected chi connectivity index (χ0v) is 11.4. The van der Waals surface area contributed by atoms with Crippen molar-refractivity contribution in [3.63, 3.8) is 0 Å². The summed E-state index contributed by atoms with van der Waals surface area (Å²) in [4.78, 5) is 11.9. The molecule has 0 radical (unpaired) electrons. The van der Waals surface area contributed by atoms with Gasteiger partial charge in [0.2, 0.25) is 0 Å². The Kier molecular flexibility index (Phi) is 5.00. The Morgan fingerprint density at radius 3 is 2.59 bits per heavy atom. The van der Waals surface area contributed by atoms with E-state index in [4.69, 9.17) is 11.6 Å². The number of H-pyrrole nitrogens is 1. The highest BCUT2D eigenvalue weighted by Gasteiger charge is 2.26. The fourth-order valence-corrected chi connectivity index (χ4v) is 2.15. The number of aromatic nitrogens is 2. The Morgan fingerprint density at radius 1 is 1.53 bits per heavy atom. The summed E-state index contributed by atoms with van der Waals surface area (Å²) in [6, 6.07) is 0. The smallest absolute Gasteiger partial charge is 0.254 e. The number of amides is 1. The molecule has 0 fully saturated rings. The first-order valence-electron chi connectivity index (χ1n) is 5.92. The van der Waals surface area contributed by atoms with Gasteiger partial charge in [-0.3, -0.25) is 9.89 Å². The van der Waals surface area contributed by atoms with Crippen LogP contribution >= 0.6 is 11.6 Å². The second-order valence-electron chi connectivity index (χ2n) is 4.43. The molecular weight excluding hydrogens is 238 g/mol. The van der Waals surface area contributed by atoms with Crippen molar-refractivity contribution in [2.24, 2.45) is 5.41 Å². The van der Waals surface area contributed by atoms with Crippen LogP contribution in [0.2, 0.25) is 0 Å². The van der Waals surface area contributed by atoms with Gasteiger partial charge in [0.1, 0.15) is 0 Å². The van der Waals surface area contributed by atoms with Crippen LogP contribution in [-0.4, -0.2) is 28.5 Å². The van der Waals surface area contributed by atoms with Gasteiger partial charge in [-0.25, -0.2) is 0 Å². The van der Waals surface area contributed by atoms with Crippen LogP contribution in [0.5, 0.6) is 0 Å². The van der Waals surface area contributed by atoms with E-state index in [1.165, 1.54) is 0 Å². The van der Waals surface area contributed by atoms with Gasteiger partial charge in [0.15, 0.2) is 0 Å². The number of nitrogens with zero attached hydrogens (tertiary/aromatic N) is 1. The first kappa shape index (κ1) is 14.0. The number of carbonyl (C=O) groups excluding carboxylic acids is 1. The maximum atomic E-state index is 11.9. The summed E-state index contributed by atoms with van der Waals surface area (Å²) < 4.78 is 0. The second-order valence-corrected chi connectivity index (χ2v) is 4.70. The highest BCUT2D eigenvalue weighted by molar-refractivity contribution is 6.18. The fraction of sp³-hybridized carbons (Fsp3) is 0.667. The van der Waals surface area contributed by atoms with Crippen LogP contribution in [0.4, 0.5) is 0 Å².